The summed E-state index contributed by atoms with van der Waals surface area (Å²) in [6.07, 6.45) is 3.22. The van der Waals surface area contributed by atoms with E-state index < -0.39 is 6.10 Å². The van der Waals surface area contributed by atoms with Crippen LogP contribution >= 0.6 is 0 Å². The van der Waals surface area contributed by atoms with Crippen LogP contribution in [0.3, 0.4) is 0 Å². The van der Waals surface area contributed by atoms with Gasteiger partial charge >= 0.3 is 6.03 Å². The number of urea groups is 1. The van der Waals surface area contributed by atoms with Crippen molar-refractivity contribution in [1.82, 2.24) is 20.0 Å². The first-order chi connectivity index (χ1) is 11.0. The lowest BCUT2D eigenvalue weighted by molar-refractivity contribution is 0.103. The first kappa shape index (κ1) is 17.3. The summed E-state index contributed by atoms with van der Waals surface area (Å²) < 4.78 is 1.99. The monoisotopic (exact) mass is 318 g/mol. The van der Waals surface area contributed by atoms with Crippen LogP contribution in [-0.2, 0) is 6.54 Å². The molecule has 0 aliphatic heterocycles. The molecule has 2 aromatic heterocycles. The molecule has 0 bridgehead atoms. The SMILES string of the molecule is CCC(CC)C(O)CNC(=O)NCc1cn2c(C)cccc2n1. The number of aliphatic hydroxyl groups is 1. The van der Waals surface area contributed by atoms with Gasteiger partial charge in [-0.05, 0) is 25.0 Å². The van der Waals surface area contributed by atoms with Gasteiger partial charge in [0.05, 0.1) is 18.3 Å². The van der Waals surface area contributed by atoms with Crippen LogP contribution in [0.2, 0.25) is 0 Å². The van der Waals surface area contributed by atoms with Crippen molar-refractivity contribution in [2.24, 2.45) is 5.92 Å². The molecule has 23 heavy (non-hydrogen) atoms. The topological polar surface area (TPSA) is 78.7 Å². The van der Waals surface area contributed by atoms with Gasteiger partial charge in [0, 0.05) is 18.4 Å². The molecule has 0 fully saturated rings. The predicted molar refractivity (Wildman–Crippen MR) is 90.2 cm³/mol. The molecular formula is C17H26N4O2. The van der Waals surface area contributed by atoms with Crippen molar-refractivity contribution in [2.75, 3.05) is 6.54 Å². The van der Waals surface area contributed by atoms with Gasteiger partial charge in [0.25, 0.3) is 0 Å². The number of nitrogens with zero attached hydrogens (tertiary/aromatic N) is 2. The number of carbonyl (C=O) groups excluding carboxylic acids is 1. The Labute approximate surface area is 136 Å². The number of aliphatic hydroxyl groups excluding tert-OH is 1. The summed E-state index contributed by atoms with van der Waals surface area (Å²) >= 11 is 0. The van der Waals surface area contributed by atoms with E-state index in [4.69, 9.17) is 0 Å². The second-order valence-corrected chi connectivity index (χ2v) is 5.84. The zero-order valence-electron chi connectivity index (χ0n) is 14.0. The van der Waals surface area contributed by atoms with E-state index in [2.05, 4.69) is 15.6 Å². The molecule has 0 radical (unpaired) electrons. The summed E-state index contributed by atoms with van der Waals surface area (Å²) in [5, 5.41) is 15.5. The zero-order valence-corrected chi connectivity index (χ0v) is 14.0. The van der Waals surface area contributed by atoms with Gasteiger partial charge in [-0.15, -0.1) is 0 Å². The summed E-state index contributed by atoms with van der Waals surface area (Å²) in [5.74, 6) is 0.219. The third kappa shape index (κ3) is 4.45. The summed E-state index contributed by atoms with van der Waals surface area (Å²) in [7, 11) is 0. The molecule has 0 spiro atoms. The molecule has 6 heteroatoms. The maximum Gasteiger partial charge on any atom is 0.315 e. The molecule has 0 saturated carbocycles. The average molecular weight is 318 g/mol. The molecule has 3 N–H and O–H groups in total. The molecule has 2 aromatic rings. The van der Waals surface area contributed by atoms with Crippen molar-refractivity contribution in [3.63, 3.8) is 0 Å². The van der Waals surface area contributed by atoms with Crippen molar-refractivity contribution >= 4 is 11.7 Å². The Morgan fingerprint density at radius 3 is 2.70 bits per heavy atom. The Morgan fingerprint density at radius 1 is 1.30 bits per heavy atom. The molecule has 1 atom stereocenters. The predicted octanol–water partition coefficient (Wildman–Crippen LogP) is 2.24. The van der Waals surface area contributed by atoms with Gasteiger partial charge in [-0.3, -0.25) is 0 Å². The van der Waals surface area contributed by atoms with Crippen LogP contribution in [0, 0.1) is 12.8 Å². The van der Waals surface area contributed by atoms with E-state index in [1.807, 2.05) is 49.6 Å². The number of carbonyl (C=O) groups is 1. The largest absolute Gasteiger partial charge is 0.391 e. The third-order valence-corrected chi connectivity index (χ3v) is 4.24. The lowest BCUT2D eigenvalue weighted by Crippen LogP contribution is -2.41. The highest BCUT2D eigenvalue weighted by molar-refractivity contribution is 5.73. The maximum absolute atomic E-state index is 11.8. The van der Waals surface area contributed by atoms with Crippen LogP contribution in [0.5, 0.6) is 0 Å². The fourth-order valence-electron chi connectivity index (χ4n) is 2.71. The summed E-state index contributed by atoms with van der Waals surface area (Å²) in [6.45, 7) is 6.72. The Morgan fingerprint density at radius 2 is 2.04 bits per heavy atom. The molecule has 2 rings (SSSR count). The van der Waals surface area contributed by atoms with Crippen LogP contribution in [0.1, 0.15) is 38.1 Å². The van der Waals surface area contributed by atoms with E-state index in [0.29, 0.717) is 6.54 Å². The minimum Gasteiger partial charge on any atom is -0.391 e. The van der Waals surface area contributed by atoms with E-state index in [-0.39, 0.29) is 18.5 Å². The van der Waals surface area contributed by atoms with Crippen molar-refractivity contribution < 1.29 is 9.90 Å². The highest BCUT2D eigenvalue weighted by atomic mass is 16.3. The van der Waals surface area contributed by atoms with Crippen molar-refractivity contribution in [3.05, 3.63) is 35.8 Å². The molecule has 6 nitrogen and oxygen atoms in total. The highest BCUT2D eigenvalue weighted by Gasteiger charge is 2.16. The van der Waals surface area contributed by atoms with E-state index in [0.717, 1.165) is 29.9 Å². The lowest BCUT2D eigenvalue weighted by atomic mass is 9.97. The molecule has 2 amide bonds. The van der Waals surface area contributed by atoms with Gasteiger partial charge in [0.1, 0.15) is 5.65 Å². The summed E-state index contributed by atoms with van der Waals surface area (Å²) in [4.78, 5) is 16.3. The number of aromatic nitrogens is 2. The minimum atomic E-state index is -0.506. The maximum atomic E-state index is 11.8. The van der Waals surface area contributed by atoms with Crippen LogP contribution in [0.15, 0.2) is 24.4 Å². The van der Waals surface area contributed by atoms with Crippen molar-refractivity contribution in [2.45, 2.75) is 46.3 Å². The molecule has 0 aliphatic carbocycles. The zero-order chi connectivity index (χ0) is 16.8. The molecule has 126 valence electrons. The molecule has 0 aromatic carbocycles. The normalized spacial score (nSPS) is 12.6. The van der Waals surface area contributed by atoms with Gasteiger partial charge < -0.3 is 20.1 Å². The fourth-order valence-corrected chi connectivity index (χ4v) is 2.71. The molecule has 0 saturated heterocycles. The number of rotatable bonds is 7. The second-order valence-electron chi connectivity index (χ2n) is 5.84. The number of aryl methyl sites for hydroxylation is 1. The number of fused-ring (bicyclic) bond motifs is 1. The van der Waals surface area contributed by atoms with E-state index in [1.165, 1.54) is 0 Å². The van der Waals surface area contributed by atoms with Gasteiger partial charge in [0.15, 0.2) is 0 Å². The number of imidazole rings is 1. The van der Waals surface area contributed by atoms with E-state index in [9.17, 15) is 9.90 Å². The van der Waals surface area contributed by atoms with Crippen LogP contribution in [0.25, 0.3) is 5.65 Å². The molecule has 0 aliphatic rings. The van der Waals surface area contributed by atoms with Gasteiger partial charge in [-0.25, -0.2) is 9.78 Å². The fraction of sp³-hybridized carbons (Fsp3) is 0.529. The first-order valence-electron chi connectivity index (χ1n) is 8.18. The number of hydrogen-bond donors (Lipinski definition) is 3. The standard InChI is InChI=1S/C17H26N4O2/c1-4-13(5-2)15(22)10-19-17(23)18-9-14-11-21-12(3)7-6-8-16(21)20-14/h6-8,11,13,15,22H,4-5,9-10H2,1-3H3,(H2,18,19,23). The van der Waals surface area contributed by atoms with Gasteiger partial charge in [-0.1, -0.05) is 32.8 Å². The molecule has 1 unspecified atom stereocenters. The third-order valence-electron chi connectivity index (χ3n) is 4.24. The van der Waals surface area contributed by atoms with Gasteiger partial charge in [-0.2, -0.15) is 0 Å². The lowest BCUT2D eigenvalue weighted by Gasteiger charge is -2.20. The van der Waals surface area contributed by atoms with E-state index >= 15 is 0 Å². The minimum absolute atomic E-state index is 0.219. The molecular weight excluding hydrogens is 292 g/mol. The Hall–Kier alpha value is -2.08. The second kappa shape index (κ2) is 7.97. The quantitative estimate of drug-likeness (QED) is 0.732. The number of nitrogens with one attached hydrogen (secondary N) is 2. The number of amides is 2. The van der Waals surface area contributed by atoms with Gasteiger partial charge in [0.2, 0.25) is 0 Å². The van der Waals surface area contributed by atoms with Crippen LogP contribution in [0.4, 0.5) is 4.79 Å². The average Bonchev–Trinajstić information content (AvgIpc) is 2.96. The van der Waals surface area contributed by atoms with Crippen LogP contribution < -0.4 is 10.6 Å². The highest BCUT2D eigenvalue weighted by Crippen LogP contribution is 2.12. The Balaban J connectivity index is 1.83. The molecule has 2 heterocycles. The number of hydrogen-bond acceptors (Lipinski definition) is 3. The van der Waals surface area contributed by atoms with Crippen molar-refractivity contribution in [3.8, 4) is 0 Å². The summed E-state index contributed by atoms with van der Waals surface area (Å²) in [6, 6.07) is 5.62. The Kier molecular flexibility index (Phi) is 5.98. The first-order valence-corrected chi connectivity index (χ1v) is 8.18. The Bertz CT molecular complexity index is 649. The van der Waals surface area contributed by atoms with Crippen LogP contribution in [-0.4, -0.2) is 33.2 Å². The smallest absolute Gasteiger partial charge is 0.315 e. The summed E-state index contributed by atoms with van der Waals surface area (Å²) in [5.41, 5.74) is 2.76. The number of pyridine rings is 1. The van der Waals surface area contributed by atoms with E-state index in [1.54, 1.807) is 0 Å². The van der Waals surface area contributed by atoms with Crippen molar-refractivity contribution in [1.29, 1.82) is 0 Å².